The molecule has 124 valence electrons. The smallest absolute Gasteiger partial charge is 0.192 e. The van der Waals surface area contributed by atoms with Crippen LogP contribution in [0.4, 0.5) is 0 Å². The number of nitrogens with zero attached hydrogens (tertiary/aromatic N) is 1. The summed E-state index contributed by atoms with van der Waals surface area (Å²) in [6, 6.07) is 4.35. The van der Waals surface area contributed by atoms with Gasteiger partial charge >= 0.3 is 0 Å². The van der Waals surface area contributed by atoms with Gasteiger partial charge in [0.1, 0.15) is 0 Å². The highest BCUT2D eigenvalue weighted by atomic mass is 79.9. The second kappa shape index (κ2) is 6.21. The van der Waals surface area contributed by atoms with Crippen molar-refractivity contribution < 1.29 is 4.43 Å². The molecule has 0 saturated heterocycles. The van der Waals surface area contributed by atoms with Gasteiger partial charge in [-0.3, -0.25) is 0 Å². The predicted octanol–water partition coefficient (Wildman–Crippen LogP) is 5.65. The van der Waals surface area contributed by atoms with Gasteiger partial charge < -0.3 is 9.33 Å². The highest BCUT2D eigenvalue weighted by molar-refractivity contribution is 9.10. The summed E-state index contributed by atoms with van der Waals surface area (Å²) in [5, 5.41) is 0.999. The molecule has 2 atom stereocenters. The zero-order valence-corrected chi connectivity index (χ0v) is 18.0. The third-order valence-electron chi connectivity index (χ3n) is 5.08. The maximum absolute atomic E-state index is 6.75. The van der Waals surface area contributed by atoms with E-state index in [0.29, 0.717) is 0 Å². The van der Waals surface area contributed by atoms with Crippen molar-refractivity contribution in [3.05, 3.63) is 32.8 Å². The van der Waals surface area contributed by atoms with E-state index in [0.717, 1.165) is 15.9 Å². The average Bonchev–Trinajstić information content (AvgIpc) is 2.64. The summed E-state index contributed by atoms with van der Waals surface area (Å²) < 4.78 is 7.85. The Morgan fingerprint density at radius 2 is 1.86 bits per heavy atom. The van der Waals surface area contributed by atoms with E-state index in [4.69, 9.17) is 16.0 Å². The van der Waals surface area contributed by atoms with Gasteiger partial charge in [0.15, 0.2) is 8.32 Å². The Bertz CT molecular complexity index is 569. The van der Waals surface area contributed by atoms with Crippen LogP contribution in [0.15, 0.2) is 16.6 Å². The summed E-state index contributed by atoms with van der Waals surface area (Å²) in [6.45, 7) is 11.5. The largest absolute Gasteiger partial charge is 0.412 e. The first-order valence-electron chi connectivity index (χ1n) is 7.76. The molecule has 0 spiro atoms. The predicted molar refractivity (Wildman–Crippen MR) is 101 cm³/mol. The van der Waals surface area contributed by atoms with Gasteiger partial charge in [-0.1, -0.05) is 48.3 Å². The number of hydrogen-bond acceptors (Lipinski definition) is 2. The van der Waals surface area contributed by atoms with Crippen molar-refractivity contribution in [3.8, 4) is 0 Å². The lowest BCUT2D eigenvalue weighted by Gasteiger charge is -2.41. The maximum Gasteiger partial charge on any atom is 0.192 e. The Hall–Kier alpha value is 0.127. The van der Waals surface area contributed by atoms with Crippen LogP contribution >= 0.6 is 27.5 Å². The van der Waals surface area contributed by atoms with Crippen LogP contribution in [0, 0.1) is 0 Å². The molecule has 0 unspecified atom stereocenters. The van der Waals surface area contributed by atoms with E-state index < -0.39 is 8.32 Å². The molecule has 0 N–H and O–H groups in total. The average molecular weight is 405 g/mol. The van der Waals surface area contributed by atoms with Crippen molar-refractivity contribution in [2.24, 2.45) is 0 Å². The van der Waals surface area contributed by atoms with Crippen molar-refractivity contribution >= 4 is 35.8 Å². The fourth-order valence-corrected chi connectivity index (χ4v) is 5.21. The van der Waals surface area contributed by atoms with Crippen molar-refractivity contribution in [2.45, 2.75) is 57.5 Å². The summed E-state index contributed by atoms with van der Waals surface area (Å²) in [4.78, 5) is 2.26. The highest BCUT2D eigenvalue weighted by Crippen LogP contribution is 2.45. The maximum atomic E-state index is 6.75. The van der Waals surface area contributed by atoms with E-state index in [1.165, 1.54) is 11.1 Å². The molecule has 0 aliphatic heterocycles. The molecule has 0 radical (unpaired) electrons. The molecule has 0 bridgehead atoms. The lowest BCUT2D eigenvalue weighted by molar-refractivity contribution is 0.0981. The second-order valence-electron chi connectivity index (χ2n) is 7.98. The van der Waals surface area contributed by atoms with E-state index in [1.54, 1.807) is 0 Å². The van der Waals surface area contributed by atoms with E-state index in [-0.39, 0.29) is 17.2 Å². The normalized spacial score (nSPS) is 22.3. The van der Waals surface area contributed by atoms with Crippen LogP contribution in [-0.4, -0.2) is 33.4 Å². The van der Waals surface area contributed by atoms with Gasteiger partial charge in [0.05, 0.1) is 12.1 Å². The molecule has 5 heteroatoms. The van der Waals surface area contributed by atoms with Crippen LogP contribution in [0.3, 0.4) is 0 Å². The zero-order valence-electron chi connectivity index (χ0n) is 14.6. The van der Waals surface area contributed by atoms with Crippen LogP contribution in [0.25, 0.3) is 0 Å². The lowest BCUT2D eigenvalue weighted by atomic mass is 10.1. The first-order chi connectivity index (χ1) is 9.94. The van der Waals surface area contributed by atoms with E-state index in [1.807, 2.05) is 6.07 Å². The van der Waals surface area contributed by atoms with Crippen LogP contribution in [0.1, 0.15) is 37.9 Å². The Balaban J connectivity index is 2.38. The molecule has 0 saturated carbocycles. The van der Waals surface area contributed by atoms with Gasteiger partial charge in [0, 0.05) is 15.9 Å². The number of likely N-dealkylation sites (N-methyl/N-ethyl adjacent to an activating group) is 1. The van der Waals surface area contributed by atoms with Crippen molar-refractivity contribution in [3.63, 3.8) is 0 Å². The second-order valence-corrected chi connectivity index (χ2v) is 14.0. The number of halogens is 2. The summed E-state index contributed by atoms with van der Waals surface area (Å²) >= 11 is 9.95. The van der Waals surface area contributed by atoms with Crippen LogP contribution in [-0.2, 0) is 10.8 Å². The Morgan fingerprint density at radius 1 is 1.27 bits per heavy atom. The fraction of sp³-hybridized carbons (Fsp3) is 0.647. The van der Waals surface area contributed by atoms with Gasteiger partial charge in [0.25, 0.3) is 0 Å². The molecule has 0 heterocycles. The van der Waals surface area contributed by atoms with Crippen LogP contribution in [0.5, 0.6) is 0 Å². The van der Waals surface area contributed by atoms with Crippen molar-refractivity contribution in [1.82, 2.24) is 4.90 Å². The molecule has 1 aromatic carbocycles. The summed E-state index contributed by atoms with van der Waals surface area (Å²) in [5.41, 5.74) is 2.64. The highest BCUT2D eigenvalue weighted by Gasteiger charge is 2.44. The molecular formula is C17H27BrClNOSi. The molecule has 22 heavy (non-hydrogen) atoms. The molecule has 1 aliphatic rings. The molecule has 2 rings (SSSR count). The Labute approximate surface area is 149 Å². The van der Waals surface area contributed by atoms with Crippen LogP contribution < -0.4 is 0 Å². The number of benzene rings is 1. The minimum atomic E-state index is -1.80. The number of hydrogen-bond donors (Lipinski definition) is 0. The molecule has 1 aromatic rings. The Morgan fingerprint density at radius 3 is 2.36 bits per heavy atom. The van der Waals surface area contributed by atoms with E-state index >= 15 is 0 Å². The molecule has 0 amide bonds. The molecule has 2 nitrogen and oxygen atoms in total. The van der Waals surface area contributed by atoms with Crippen molar-refractivity contribution in [1.29, 1.82) is 0 Å². The summed E-state index contributed by atoms with van der Waals surface area (Å²) in [6.07, 6.45) is 1.14. The van der Waals surface area contributed by atoms with E-state index in [2.05, 4.69) is 74.9 Å². The van der Waals surface area contributed by atoms with Gasteiger partial charge in [0.2, 0.25) is 0 Å². The first-order valence-corrected chi connectivity index (χ1v) is 11.8. The summed E-state index contributed by atoms with van der Waals surface area (Å²) in [7, 11) is 2.44. The minimum Gasteiger partial charge on any atom is -0.412 e. The van der Waals surface area contributed by atoms with E-state index in [9.17, 15) is 0 Å². The standard InChI is InChI=1S/C17H27BrClNOSi/c1-17(2,3)22(6,7)21-15-10-12-13(16(15)20(4)5)8-11(19)9-14(12)18/h8-9,15-16H,10H2,1-7H3/t15-,16-/m1/s1. The van der Waals surface area contributed by atoms with Gasteiger partial charge in [-0.15, -0.1) is 0 Å². The summed E-state index contributed by atoms with van der Waals surface area (Å²) in [5.74, 6) is 0. The third-order valence-corrected chi connectivity index (χ3v) is 10.5. The SMILES string of the molecule is CN(C)[C@@H]1c2cc(Cl)cc(Br)c2C[C@H]1O[Si](C)(C)C(C)(C)C. The fourth-order valence-electron chi connectivity index (χ4n) is 2.89. The molecular weight excluding hydrogens is 378 g/mol. The quantitative estimate of drug-likeness (QED) is 0.603. The molecule has 1 aliphatic carbocycles. The number of rotatable bonds is 3. The topological polar surface area (TPSA) is 12.5 Å². The van der Waals surface area contributed by atoms with Gasteiger partial charge in [-0.05, 0) is 55.5 Å². The lowest BCUT2D eigenvalue weighted by Crippen LogP contribution is -2.46. The Kier molecular flexibility index (Phi) is 5.21. The number of fused-ring (bicyclic) bond motifs is 1. The third kappa shape index (κ3) is 3.46. The monoisotopic (exact) mass is 403 g/mol. The minimum absolute atomic E-state index is 0.195. The van der Waals surface area contributed by atoms with Crippen LogP contribution in [0.2, 0.25) is 23.2 Å². The molecule has 0 fully saturated rings. The van der Waals surface area contributed by atoms with Crippen molar-refractivity contribution in [2.75, 3.05) is 14.1 Å². The molecule has 0 aromatic heterocycles. The zero-order chi connectivity index (χ0) is 16.9. The van der Waals surface area contributed by atoms with Gasteiger partial charge in [-0.2, -0.15) is 0 Å². The first kappa shape index (κ1) is 18.5. The van der Waals surface area contributed by atoms with Gasteiger partial charge in [-0.25, -0.2) is 0 Å².